The number of halogens is 1. The van der Waals surface area contributed by atoms with Gasteiger partial charge in [-0.25, -0.2) is 0 Å². The first kappa shape index (κ1) is 14.4. The largest absolute Gasteiger partial charge is 0.287 e. The van der Waals surface area contributed by atoms with Gasteiger partial charge in [-0.05, 0) is 18.2 Å². The molecule has 1 heterocycles. The van der Waals surface area contributed by atoms with Crippen LogP contribution in [0.15, 0.2) is 72.9 Å². The quantitative estimate of drug-likeness (QED) is 0.545. The summed E-state index contributed by atoms with van der Waals surface area (Å²) in [5.74, 6) is 0.0337. The van der Waals surface area contributed by atoms with Crippen molar-refractivity contribution in [2.75, 3.05) is 0 Å². The van der Waals surface area contributed by atoms with Crippen LogP contribution in [0, 0.1) is 0 Å². The average Bonchev–Trinajstić information content (AvgIpc) is 2.56. The maximum atomic E-state index is 12.2. The first-order valence-electron chi connectivity index (χ1n) is 6.93. The van der Waals surface area contributed by atoms with Crippen molar-refractivity contribution in [1.82, 2.24) is 5.10 Å². The molecular formula is C18H14ClN2O+. The van der Waals surface area contributed by atoms with Crippen LogP contribution in [0.5, 0.6) is 0 Å². The lowest BCUT2D eigenvalue weighted by Gasteiger charge is -2.00. The monoisotopic (exact) mass is 309 g/mol. The Hall–Kier alpha value is -2.52. The van der Waals surface area contributed by atoms with Crippen LogP contribution >= 0.6 is 11.6 Å². The zero-order chi connectivity index (χ0) is 15.4. The average molecular weight is 310 g/mol. The number of carbonyl (C=O) groups is 1. The van der Waals surface area contributed by atoms with Crippen molar-refractivity contribution in [1.29, 1.82) is 0 Å². The van der Waals surface area contributed by atoms with E-state index in [0.717, 1.165) is 11.3 Å². The molecule has 1 aromatic heterocycles. The van der Waals surface area contributed by atoms with Gasteiger partial charge in [-0.1, -0.05) is 58.7 Å². The molecule has 0 aliphatic rings. The fourth-order valence-corrected chi connectivity index (χ4v) is 2.29. The summed E-state index contributed by atoms with van der Waals surface area (Å²) >= 11 is 5.90. The van der Waals surface area contributed by atoms with Crippen LogP contribution in [0.3, 0.4) is 0 Å². The van der Waals surface area contributed by atoms with Gasteiger partial charge in [-0.2, -0.15) is 0 Å². The van der Waals surface area contributed by atoms with Gasteiger partial charge in [-0.3, -0.25) is 4.79 Å². The molecule has 3 nitrogen and oxygen atoms in total. The van der Waals surface area contributed by atoms with Crippen LogP contribution in [-0.4, -0.2) is 10.9 Å². The minimum Gasteiger partial charge on any atom is -0.287 e. The van der Waals surface area contributed by atoms with Crippen molar-refractivity contribution < 1.29 is 9.48 Å². The predicted molar refractivity (Wildman–Crippen MR) is 85.7 cm³/mol. The molecule has 4 heteroatoms. The molecule has 0 bridgehead atoms. The van der Waals surface area contributed by atoms with Gasteiger partial charge in [0.15, 0.2) is 6.20 Å². The molecule has 0 N–H and O–H groups in total. The summed E-state index contributed by atoms with van der Waals surface area (Å²) < 4.78 is 1.65. The lowest BCUT2D eigenvalue weighted by Crippen LogP contribution is -2.41. The Labute approximate surface area is 133 Å². The highest BCUT2D eigenvalue weighted by atomic mass is 35.5. The second-order valence-corrected chi connectivity index (χ2v) is 5.32. The maximum Gasteiger partial charge on any atom is 0.236 e. The first-order chi connectivity index (χ1) is 10.7. The van der Waals surface area contributed by atoms with Gasteiger partial charge in [0, 0.05) is 27.3 Å². The Morgan fingerprint density at radius 1 is 0.955 bits per heavy atom. The van der Waals surface area contributed by atoms with E-state index in [1.807, 2.05) is 66.7 Å². The molecule has 0 amide bonds. The molecule has 3 aromatic rings. The molecule has 2 aromatic carbocycles. The van der Waals surface area contributed by atoms with Gasteiger partial charge in [-0.15, -0.1) is 0 Å². The van der Waals surface area contributed by atoms with E-state index in [4.69, 9.17) is 11.6 Å². The van der Waals surface area contributed by atoms with E-state index in [1.54, 1.807) is 10.9 Å². The van der Waals surface area contributed by atoms with Crippen molar-refractivity contribution in [2.45, 2.75) is 6.54 Å². The molecule has 0 saturated heterocycles. The van der Waals surface area contributed by atoms with Gasteiger partial charge in [0.2, 0.25) is 12.3 Å². The lowest BCUT2D eigenvalue weighted by atomic mass is 10.1. The molecule has 0 aliphatic heterocycles. The topological polar surface area (TPSA) is 33.8 Å². The normalized spacial score (nSPS) is 10.4. The highest BCUT2D eigenvalue weighted by molar-refractivity contribution is 6.30. The Bertz CT molecular complexity index is 786. The van der Waals surface area contributed by atoms with Crippen LogP contribution in [0.2, 0.25) is 5.02 Å². The smallest absolute Gasteiger partial charge is 0.236 e. The number of benzene rings is 2. The first-order valence-corrected chi connectivity index (χ1v) is 7.31. The molecule has 108 valence electrons. The highest BCUT2D eigenvalue weighted by Gasteiger charge is 2.14. The van der Waals surface area contributed by atoms with Crippen molar-refractivity contribution in [3.05, 3.63) is 83.5 Å². The number of hydrogen-bond donors (Lipinski definition) is 0. The van der Waals surface area contributed by atoms with Crippen LogP contribution < -0.4 is 4.68 Å². The summed E-state index contributed by atoms with van der Waals surface area (Å²) in [6, 6.07) is 20.5. The number of nitrogens with zero attached hydrogens (tertiary/aromatic N) is 2. The lowest BCUT2D eigenvalue weighted by molar-refractivity contribution is -0.740. The molecule has 0 atom stereocenters. The highest BCUT2D eigenvalue weighted by Crippen LogP contribution is 2.18. The summed E-state index contributed by atoms with van der Waals surface area (Å²) in [5, 5.41) is 5.18. The molecule has 0 aliphatic carbocycles. The molecule has 3 rings (SSSR count). The minimum absolute atomic E-state index is 0.0337. The van der Waals surface area contributed by atoms with Gasteiger partial charge in [0.05, 0.1) is 0 Å². The van der Waals surface area contributed by atoms with Crippen LogP contribution in [0.1, 0.15) is 10.4 Å². The minimum atomic E-state index is 0.0337. The fourth-order valence-electron chi connectivity index (χ4n) is 2.16. The fraction of sp³-hybridized carbons (Fsp3) is 0.0556. The van der Waals surface area contributed by atoms with E-state index >= 15 is 0 Å². The number of Topliss-reactive ketones (excluding diaryl/α,β-unsaturated/α-hetero) is 1. The standard InChI is InChI=1S/C18H14ClN2O/c19-16-10-8-14(9-11-16)17-7-4-12-21(20-17)13-18(22)15-5-2-1-3-6-15/h1-12H,13H2/q+1. The van der Waals surface area contributed by atoms with Crippen LogP contribution in [-0.2, 0) is 6.54 Å². The third-order valence-electron chi connectivity index (χ3n) is 3.29. The summed E-state index contributed by atoms with van der Waals surface area (Å²) in [4.78, 5) is 12.2. The number of carbonyl (C=O) groups excluding carboxylic acids is 1. The van der Waals surface area contributed by atoms with Crippen molar-refractivity contribution in [3.8, 4) is 11.3 Å². The van der Waals surface area contributed by atoms with Crippen molar-refractivity contribution >= 4 is 17.4 Å². The van der Waals surface area contributed by atoms with Crippen LogP contribution in [0.25, 0.3) is 11.3 Å². The summed E-state index contributed by atoms with van der Waals surface area (Å²) in [7, 11) is 0. The van der Waals surface area contributed by atoms with Gasteiger partial charge in [0.25, 0.3) is 0 Å². The summed E-state index contributed by atoms with van der Waals surface area (Å²) in [5.41, 5.74) is 2.46. The molecule has 0 unspecified atom stereocenters. The number of aromatic nitrogens is 2. The van der Waals surface area contributed by atoms with Crippen LogP contribution in [0.4, 0.5) is 0 Å². The second kappa shape index (κ2) is 6.50. The third kappa shape index (κ3) is 3.38. The Morgan fingerprint density at radius 3 is 2.41 bits per heavy atom. The Kier molecular flexibility index (Phi) is 4.26. The van der Waals surface area contributed by atoms with Gasteiger partial charge < -0.3 is 0 Å². The van der Waals surface area contributed by atoms with E-state index in [9.17, 15) is 4.79 Å². The van der Waals surface area contributed by atoms with E-state index in [0.29, 0.717) is 10.6 Å². The third-order valence-corrected chi connectivity index (χ3v) is 3.54. The zero-order valence-electron chi connectivity index (χ0n) is 11.8. The number of rotatable bonds is 4. The Morgan fingerprint density at radius 2 is 1.68 bits per heavy atom. The Balaban J connectivity index is 1.82. The number of hydrogen-bond acceptors (Lipinski definition) is 2. The van der Waals surface area contributed by atoms with Crippen molar-refractivity contribution in [2.24, 2.45) is 0 Å². The SMILES string of the molecule is O=C(C[n+]1cccc(-c2ccc(Cl)cc2)n1)c1ccccc1. The molecule has 22 heavy (non-hydrogen) atoms. The molecule has 0 fully saturated rings. The number of ketones is 1. The van der Waals surface area contributed by atoms with Crippen molar-refractivity contribution in [3.63, 3.8) is 0 Å². The van der Waals surface area contributed by atoms with E-state index in [1.165, 1.54) is 0 Å². The van der Waals surface area contributed by atoms with E-state index < -0.39 is 0 Å². The summed E-state index contributed by atoms with van der Waals surface area (Å²) in [6.07, 6.45) is 1.79. The zero-order valence-corrected chi connectivity index (χ0v) is 12.6. The molecule has 0 saturated carbocycles. The van der Waals surface area contributed by atoms with E-state index in [-0.39, 0.29) is 12.3 Å². The van der Waals surface area contributed by atoms with Gasteiger partial charge in [0.1, 0.15) is 5.69 Å². The molecule has 0 spiro atoms. The van der Waals surface area contributed by atoms with Gasteiger partial charge >= 0.3 is 0 Å². The molecule has 0 radical (unpaired) electrons. The van der Waals surface area contributed by atoms with E-state index in [2.05, 4.69) is 5.10 Å². The molecular weight excluding hydrogens is 296 g/mol. The summed E-state index contributed by atoms with van der Waals surface area (Å²) in [6.45, 7) is 0.214. The second-order valence-electron chi connectivity index (χ2n) is 4.89. The predicted octanol–water partition coefficient (Wildman–Crippen LogP) is 3.57. The maximum absolute atomic E-state index is 12.2.